The molecule has 0 aliphatic heterocycles. The molecule has 1 aromatic carbocycles. The van der Waals surface area contributed by atoms with Crippen LogP contribution in [0.15, 0.2) is 53.5 Å². The fourth-order valence-corrected chi connectivity index (χ4v) is 2.31. The predicted molar refractivity (Wildman–Crippen MR) is 78.5 cm³/mol. The lowest BCUT2D eigenvalue weighted by Gasteiger charge is -2.11. The number of ketones is 1. The summed E-state index contributed by atoms with van der Waals surface area (Å²) in [5.41, 5.74) is 0.116. The standard InChI is InChI=1S/C16H12N2O3/c1-18-13(14(19)10-6-3-2-4-7-10)15(20)12-11(16(18)21)8-5-9-17-12/h2-9,20H,1H3. The molecule has 104 valence electrons. The Bertz CT molecular complexity index is 899. The number of carbonyl (C=O) groups is 1. The van der Waals surface area contributed by atoms with Crippen molar-refractivity contribution in [2.45, 2.75) is 0 Å². The minimum absolute atomic E-state index is 0.0580. The van der Waals surface area contributed by atoms with Crippen molar-refractivity contribution >= 4 is 16.7 Å². The van der Waals surface area contributed by atoms with Gasteiger partial charge in [0, 0.05) is 18.8 Å². The van der Waals surface area contributed by atoms with Crippen molar-refractivity contribution in [2.75, 3.05) is 0 Å². The molecule has 0 spiro atoms. The van der Waals surface area contributed by atoms with Crippen molar-refractivity contribution in [3.63, 3.8) is 0 Å². The van der Waals surface area contributed by atoms with E-state index in [4.69, 9.17) is 0 Å². The van der Waals surface area contributed by atoms with E-state index >= 15 is 0 Å². The Hall–Kier alpha value is -2.95. The molecule has 1 N–H and O–H groups in total. The fraction of sp³-hybridized carbons (Fsp3) is 0.0625. The number of aromatic hydroxyl groups is 1. The van der Waals surface area contributed by atoms with E-state index in [1.165, 1.54) is 13.2 Å². The van der Waals surface area contributed by atoms with Gasteiger partial charge in [-0.05, 0) is 12.1 Å². The highest BCUT2D eigenvalue weighted by atomic mass is 16.3. The second-order valence-electron chi connectivity index (χ2n) is 4.66. The van der Waals surface area contributed by atoms with Gasteiger partial charge in [0.15, 0.2) is 5.75 Å². The van der Waals surface area contributed by atoms with Crippen molar-refractivity contribution in [1.82, 2.24) is 9.55 Å². The van der Waals surface area contributed by atoms with Gasteiger partial charge in [0.2, 0.25) is 5.78 Å². The number of fused-ring (bicyclic) bond motifs is 1. The summed E-state index contributed by atoms with van der Waals surface area (Å²) in [5.74, 6) is -0.693. The van der Waals surface area contributed by atoms with E-state index in [1.807, 2.05) is 0 Å². The van der Waals surface area contributed by atoms with E-state index in [0.29, 0.717) is 5.56 Å². The number of aromatic nitrogens is 2. The van der Waals surface area contributed by atoms with Gasteiger partial charge in [0.05, 0.1) is 5.39 Å². The monoisotopic (exact) mass is 280 g/mol. The molecular weight excluding hydrogens is 268 g/mol. The fourth-order valence-electron chi connectivity index (χ4n) is 2.31. The number of carbonyl (C=O) groups excluding carboxylic acids is 1. The van der Waals surface area contributed by atoms with Gasteiger partial charge in [-0.25, -0.2) is 0 Å². The number of rotatable bonds is 2. The Labute approximate surface area is 120 Å². The van der Waals surface area contributed by atoms with Crippen LogP contribution >= 0.6 is 0 Å². The molecule has 0 fully saturated rings. The lowest BCUT2D eigenvalue weighted by Crippen LogP contribution is -2.24. The molecule has 5 heteroatoms. The quantitative estimate of drug-likeness (QED) is 0.727. The highest BCUT2D eigenvalue weighted by molar-refractivity contribution is 6.11. The van der Waals surface area contributed by atoms with E-state index in [-0.39, 0.29) is 27.9 Å². The third-order valence-corrected chi connectivity index (χ3v) is 3.38. The highest BCUT2D eigenvalue weighted by Gasteiger charge is 2.21. The van der Waals surface area contributed by atoms with Crippen molar-refractivity contribution in [3.8, 4) is 5.75 Å². The van der Waals surface area contributed by atoms with Crippen LogP contribution in [-0.2, 0) is 7.05 Å². The summed E-state index contributed by atoms with van der Waals surface area (Å²) < 4.78 is 1.16. The predicted octanol–water partition coefficient (Wildman–Crippen LogP) is 1.87. The van der Waals surface area contributed by atoms with Crippen molar-refractivity contribution in [3.05, 3.63) is 70.3 Å². The van der Waals surface area contributed by atoms with Gasteiger partial charge in [0.1, 0.15) is 11.2 Å². The zero-order valence-corrected chi connectivity index (χ0v) is 11.3. The Morgan fingerprint density at radius 3 is 2.57 bits per heavy atom. The molecule has 0 saturated heterocycles. The van der Waals surface area contributed by atoms with Gasteiger partial charge >= 0.3 is 0 Å². The van der Waals surface area contributed by atoms with Crippen LogP contribution in [0.5, 0.6) is 5.75 Å². The second-order valence-corrected chi connectivity index (χ2v) is 4.66. The van der Waals surface area contributed by atoms with Gasteiger partial charge in [0.25, 0.3) is 5.56 Å². The van der Waals surface area contributed by atoms with Crippen LogP contribution < -0.4 is 5.56 Å². The zero-order chi connectivity index (χ0) is 15.0. The van der Waals surface area contributed by atoms with Crippen LogP contribution in [0.2, 0.25) is 0 Å². The van der Waals surface area contributed by atoms with Crippen LogP contribution in [0.1, 0.15) is 16.1 Å². The number of benzene rings is 1. The Morgan fingerprint density at radius 2 is 1.86 bits per heavy atom. The first-order chi connectivity index (χ1) is 10.1. The summed E-state index contributed by atoms with van der Waals surface area (Å²) in [6.45, 7) is 0. The molecule has 0 aliphatic rings. The minimum Gasteiger partial charge on any atom is -0.504 e. The number of hydrogen-bond donors (Lipinski definition) is 1. The maximum Gasteiger partial charge on any atom is 0.260 e. The highest BCUT2D eigenvalue weighted by Crippen LogP contribution is 2.25. The first kappa shape index (κ1) is 13.1. The van der Waals surface area contributed by atoms with Crippen LogP contribution in [0.25, 0.3) is 10.9 Å². The second kappa shape index (κ2) is 4.86. The number of hydrogen-bond acceptors (Lipinski definition) is 4. The van der Waals surface area contributed by atoms with E-state index < -0.39 is 5.78 Å². The Balaban J connectivity index is 2.34. The van der Waals surface area contributed by atoms with Crippen LogP contribution in [0.3, 0.4) is 0 Å². The van der Waals surface area contributed by atoms with E-state index in [9.17, 15) is 14.7 Å². The maximum atomic E-state index is 12.5. The van der Waals surface area contributed by atoms with Gasteiger partial charge < -0.3 is 9.67 Å². The minimum atomic E-state index is -0.416. The van der Waals surface area contributed by atoms with Crippen molar-refractivity contribution in [2.24, 2.45) is 7.05 Å². The molecule has 3 aromatic rings. The molecule has 0 radical (unpaired) electrons. The molecule has 3 rings (SSSR count). The molecule has 21 heavy (non-hydrogen) atoms. The molecule has 0 aliphatic carbocycles. The molecule has 0 amide bonds. The summed E-state index contributed by atoms with van der Waals surface area (Å²) in [4.78, 5) is 28.8. The molecule has 0 bridgehead atoms. The Kier molecular flexibility index (Phi) is 3.02. The van der Waals surface area contributed by atoms with Crippen molar-refractivity contribution in [1.29, 1.82) is 0 Å². The van der Waals surface area contributed by atoms with Gasteiger partial charge in [-0.1, -0.05) is 30.3 Å². The van der Waals surface area contributed by atoms with E-state index in [2.05, 4.69) is 4.98 Å². The third-order valence-electron chi connectivity index (χ3n) is 3.38. The average molecular weight is 280 g/mol. The number of pyridine rings is 2. The lowest BCUT2D eigenvalue weighted by atomic mass is 10.1. The Morgan fingerprint density at radius 1 is 1.14 bits per heavy atom. The summed E-state index contributed by atoms with van der Waals surface area (Å²) in [6.07, 6.45) is 1.47. The maximum absolute atomic E-state index is 12.5. The SMILES string of the molecule is Cn1c(C(=O)c2ccccc2)c(O)c2ncccc2c1=O. The summed E-state index contributed by atoms with van der Waals surface area (Å²) >= 11 is 0. The summed E-state index contributed by atoms with van der Waals surface area (Å²) in [6, 6.07) is 11.7. The molecule has 0 unspecified atom stereocenters. The van der Waals surface area contributed by atoms with Gasteiger partial charge in [-0.2, -0.15) is 0 Å². The third kappa shape index (κ3) is 1.99. The van der Waals surface area contributed by atoms with Crippen LogP contribution in [0.4, 0.5) is 0 Å². The summed E-state index contributed by atoms with van der Waals surface area (Å²) in [5, 5.41) is 10.6. The van der Waals surface area contributed by atoms with Crippen LogP contribution in [0, 0.1) is 0 Å². The van der Waals surface area contributed by atoms with Gasteiger partial charge in [-0.3, -0.25) is 14.6 Å². The first-order valence-electron chi connectivity index (χ1n) is 6.37. The van der Waals surface area contributed by atoms with Crippen LogP contribution in [-0.4, -0.2) is 20.4 Å². The smallest absolute Gasteiger partial charge is 0.260 e. The molecule has 2 aromatic heterocycles. The lowest BCUT2D eigenvalue weighted by molar-refractivity contribution is 0.102. The molecule has 0 saturated carbocycles. The van der Waals surface area contributed by atoms with E-state index in [1.54, 1.807) is 42.5 Å². The first-order valence-corrected chi connectivity index (χ1v) is 6.37. The molecular formula is C16H12N2O3. The van der Waals surface area contributed by atoms with Crippen molar-refractivity contribution < 1.29 is 9.90 Å². The normalized spacial score (nSPS) is 10.7. The van der Waals surface area contributed by atoms with Gasteiger partial charge in [-0.15, -0.1) is 0 Å². The largest absolute Gasteiger partial charge is 0.504 e. The number of nitrogens with zero attached hydrogens (tertiary/aromatic N) is 2. The molecule has 2 heterocycles. The zero-order valence-electron chi connectivity index (χ0n) is 11.3. The molecule has 5 nitrogen and oxygen atoms in total. The average Bonchev–Trinajstić information content (AvgIpc) is 2.53. The topological polar surface area (TPSA) is 72.2 Å². The molecule has 0 atom stereocenters. The summed E-state index contributed by atoms with van der Waals surface area (Å²) in [7, 11) is 1.46. The van der Waals surface area contributed by atoms with E-state index in [0.717, 1.165) is 4.57 Å².